The van der Waals surface area contributed by atoms with E-state index in [9.17, 15) is 19.2 Å². The zero-order valence-corrected chi connectivity index (χ0v) is 15.4. The molecule has 2 rings (SSSR count). The maximum absolute atomic E-state index is 12.8. The Morgan fingerprint density at radius 3 is 2.00 bits per heavy atom. The first kappa shape index (κ1) is 19.6. The van der Waals surface area contributed by atoms with Gasteiger partial charge >= 0.3 is 11.9 Å². The Bertz CT molecular complexity index is 696. The van der Waals surface area contributed by atoms with Gasteiger partial charge in [-0.25, -0.2) is 9.59 Å². The summed E-state index contributed by atoms with van der Waals surface area (Å²) in [7, 11) is 0. The van der Waals surface area contributed by atoms with Crippen LogP contribution in [0.3, 0.4) is 0 Å². The first-order chi connectivity index (χ1) is 12.3. The van der Waals surface area contributed by atoms with Gasteiger partial charge in [0, 0.05) is 0 Å². The standard InChI is InChI=1S/C19H23NO6/c1-5-25-17(23)19(18(24)26-6-2)15(13(4)21)16(22)20(19)12(3)14-10-8-7-9-11-14/h7-12,15H,5-6H2,1-4H3. The first-order valence-corrected chi connectivity index (χ1v) is 8.56. The molecule has 140 valence electrons. The quantitative estimate of drug-likeness (QED) is 0.417. The molecule has 0 aromatic heterocycles. The summed E-state index contributed by atoms with van der Waals surface area (Å²) in [6, 6.07) is 8.33. The van der Waals surface area contributed by atoms with Crippen molar-refractivity contribution in [3.63, 3.8) is 0 Å². The van der Waals surface area contributed by atoms with Crippen LogP contribution in [-0.4, -0.2) is 47.3 Å². The van der Waals surface area contributed by atoms with Gasteiger partial charge in [-0.1, -0.05) is 30.3 Å². The summed E-state index contributed by atoms with van der Waals surface area (Å²) in [4.78, 5) is 51.6. The van der Waals surface area contributed by atoms with Crippen molar-refractivity contribution in [2.75, 3.05) is 13.2 Å². The molecular weight excluding hydrogens is 338 g/mol. The largest absolute Gasteiger partial charge is 0.464 e. The Balaban J connectivity index is 2.59. The maximum Gasteiger partial charge on any atom is 0.345 e. The lowest BCUT2D eigenvalue weighted by Gasteiger charge is -2.54. The number of Topliss-reactive ketones (excluding diaryl/α,β-unsaturated/α-hetero) is 1. The van der Waals surface area contributed by atoms with Crippen LogP contribution in [0.25, 0.3) is 0 Å². The SMILES string of the molecule is CCOC(=O)C1(C(=O)OCC)C(C(C)=O)C(=O)N1C(C)c1ccccc1. The monoisotopic (exact) mass is 361 g/mol. The molecule has 1 aliphatic rings. The van der Waals surface area contributed by atoms with Crippen molar-refractivity contribution in [2.45, 2.75) is 39.3 Å². The number of carbonyl (C=O) groups is 4. The summed E-state index contributed by atoms with van der Waals surface area (Å²) in [6.07, 6.45) is 0. The lowest BCUT2D eigenvalue weighted by Crippen LogP contribution is -2.80. The third kappa shape index (κ3) is 2.87. The molecule has 0 N–H and O–H groups in total. The van der Waals surface area contributed by atoms with Crippen molar-refractivity contribution in [2.24, 2.45) is 5.92 Å². The van der Waals surface area contributed by atoms with Crippen molar-refractivity contribution in [3.05, 3.63) is 35.9 Å². The molecule has 1 fully saturated rings. The zero-order valence-electron chi connectivity index (χ0n) is 15.4. The Morgan fingerprint density at radius 2 is 1.58 bits per heavy atom. The van der Waals surface area contributed by atoms with Crippen LogP contribution >= 0.6 is 0 Å². The fourth-order valence-electron chi connectivity index (χ4n) is 3.41. The second-order valence-corrected chi connectivity index (χ2v) is 6.05. The minimum Gasteiger partial charge on any atom is -0.464 e. The summed E-state index contributed by atoms with van der Waals surface area (Å²) in [5, 5.41) is 0. The fraction of sp³-hybridized carbons (Fsp3) is 0.474. The van der Waals surface area contributed by atoms with E-state index in [4.69, 9.17) is 9.47 Å². The predicted octanol–water partition coefficient (Wildman–Crippen LogP) is 1.66. The number of rotatable bonds is 7. The van der Waals surface area contributed by atoms with Gasteiger partial charge in [-0.15, -0.1) is 0 Å². The smallest absolute Gasteiger partial charge is 0.345 e. The minimum atomic E-state index is -2.09. The molecule has 0 saturated carbocycles. The van der Waals surface area contributed by atoms with Gasteiger partial charge in [-0.05, 0) is 33.3 Å². The molecule has 0 bridgehead atoms. The summed E-state index contributed by atoms with van der Waals surface area (Å²) in [5.41, 5.74) is -1.37. The average molecular weight is 361 g/mol. The number of amides is 1. The van der Waals surface area contributed by atoms with Crippen molar-refractivity contribution >= 4 is 23.6 Å². The number of esters is 2. The Kier molecular flexibility index (Phi) is 5.79. The van der Waals surface area contributed by atoms with E-state index in [0.29, 0.717) is 0 Å². The molecule has 1 heterocycles. The number of benzene rings is 1. The summed E-state index contributed by atoms with van der Waals surface area (Å²) in [5.74, 6) is -4.49. The van der Waals surface area contributed by atoms with E-state index >= 15 is 0 Å². The molecule has 26 heavy (non-hydrogen) atoms. The molecule has 0 radical (unpaired) electrons. The van der Waals surface area contributed by atoms with E-state index in [1.54, 1.807) is 45.0 Å². The predicted molar refractivity (Wildman–Crippen MR) is 91.9 cm³/mol. The van der Waals surface area contributed by atoms with Crippen LogP contribution in [0, 0.1) is 5.92 Å². The highest BCUT2D eigenvalue weighted by Crippen LogP contribution is 2.46. The van der Waals surface area contributed by atoms with Gasteiger partial charge in [0.15, 0.2) is 0 Å². The third-order valence-corrected chi connectivity index (χ3v) is 4.53. The van der Waals surface area contributed by atoms with E-state index in [-0.39, 0.29) is 13.2 Å². The van der Waals surface area contributed by atoms with Gasteiger partial charge in [0.2, 0.25) is 5.91 Å². The van der Waals surface area contributed by atoms with Crippen LogP contribution in [0.5, 0.6) is 0 Å². The van der Waals surface area contributed by atoms with Gasteiger partial charge in [0.05, 0.1) is 19.3 Å². The maximum atomic E-state index is 12.8. The van der Waals surface area contributed by atoms with Crippen LogP contribution in [0.4, 0.5) is 0 Å². The van der Waals surface area contributed by atoms with Gasteiger partial charge < -0.3 is 14.4 Å². The lowest BCUT2D eigenvalue weighted by molar-refractivity contribution is -0.207. The molecule has 7 heteroatoms. The molecule has 1 aromatic carbocycles. The fourth-order valence-corrected chi connectivity index (χ4v) is 3.41. The molecular formula is C19H23NO6. The number of ether oxygens (including phenoxy) is 2. The summed E-state index contributed by atoms with van der Waals surface area (Å²) >= 11 is 0. The van der Waals surface area contributed by atoms with Crippen molar-refractivity contribution in [1.82, 2.24) is 4.90 Å². The van der Waals surface area contributed by atoms with E-state index in [2.05, 4.69) is 0 Å². The number of ketones is 1. The van der Waals surface area contributed by atoms with Crippen molar-refractivity contribution < 1.29 is 28.7 Å². The Morgan fingerprint density at radius 1 is 1.08 bits per heavy atom. The van der Waals surface area contributed by atoms with Crippen molar-refractivity contribution in [3.8, 4) is 0 Å². The van der Waals surface area contributed by atoms with E-state index < -0.39 is 41.1 Å². The van der Waals surface area contributed by atoms with Crippen LogP contribution in [0.2, 0.25) is 0 Å². The number of hydrogen-bond donors (Lipinski definition) is 0. The normalized spacial score (nSPS) is 19.3. The average Bonchev–Trinajstić information content (AvgIpc) is 2.59. The Hall–Kier alpha value is -2.70. The number of carbonyl (C=O) groups excluding carboxylic acids is 4. The molecule has 7 nitrogen and oxygen atoms in total. The zero-order chi connectivity index (χ0) is 19.5. The second kappa shape index (κ2) is 7.68. The lowest BCUT2D eigenvalue weighted by atomic mass is 9.69. The van der Waals surface area contributed by atoms with Gasteiger partial charge in [-0.3, -0.25) is 9.59 Å². The van der Waals surface area contributed by atoms with Crippen molar-refractivity contribution in [1.29, 1.82) is 0 Å². The molecule has 2 unspecified atom stereocenters. The third-order valence-electron chi connectivity index (χ3n) is 4.53. The van der Waals surface area contributed by atoms with Crippen LogP contribution < -0.4 is 0 Å². The highest BCUT2D eigenvalue weighted by atomic mass is 16.6. The van der Waals surface area contributed by atoms with Gasteiger partial charge in [0.1, 0.15) is 11.7 Å². The molecule has 0 aliphatic carbocycles. The second-order valence-electron chi connectivity index (χ2n) is 6.05. The molecule has 1 amide bonds. The summed E-state index contributed by atoms with van der Waals surface area (Å²) in [6.45, 7) is 6.06. The van der Waals surface area contributed by atoms with E-state index in [1.165, 1.54) is 6.92 Å². The molecule has 2 atom stereocenters. The van der Waals surface area contributed by atoms with E-state index in [0.717, 1.165) is 10.5 Å². The van der Waals surface area contributed by atoms with Gasteiger partial charge in [-0.2, -0.15) is 0 Å². The first-order valence-electron chi connectivity index (χ1n) is 8.56. The number of hydrogen-bond acceptors (Lipinski definition) is 6. The molecule has 1 saturated heterocycles. The van der Waals surface area contributed by atoms with E-state index in [1.807, 2.05) is 6.07 Å². The molecule has 0 spiro atoms. The van der Waals surface area contributed by atoms with Crippen LogP contribution in [0.15, 0.2) is 30.3 Å². The van der Waals surface area contributed by atoms with Crippen LogP contribution in [0.1, 0.15) is 39.3 Å². The minimum absolute atomic E-state index is 0.00631. The van der Waals surface area contributed by atoms with Gasteiger partial charge in [0.25, 0.3) is 5.54 Å². The highest BCUT2D eigenvalue weighted by molar-refractivity contribution is 6.24. The molecule has 1 aliphatic heterocycles. The molecule has 1 aromatic rings. The summed E-state index contributed by atoms with van der Waals surface area (Å²) < 4.78 is 10.2. The Labute approximate surface area is 152 Å². The highest BCUT2D eigenvalue weighted by Gasteiger charge is 2.74. The number of likely N-dealkylation sites (tertiary alicyclic amines) is 1. The number of nitrogens with zero attached hydrogens (tertiary/aromatic N) is 1. The number of β-lactam (4-membered cyclic amide) rings is 1. The van der Waals surface area contributed by atoms with Crippen LogP contribution in [-0.2, 0) is 28.7 Å². The topological polar surface area (TPSA) is 90.0 Å².